The second-order valence-electron chi connectivity index (χ2n) is 6.04. The summed E-state index contributed by atoms with van der Waals surface area (Å²) in [5, 5.41) is 2.23. The molecule has 0 radical (unpaired) electrons. The van der Waals surface area contributed by atoms with Crippen molar-refractivity contribution in [2.75, 3.05) is 18.1 Å². The van der Waals surface area contributed by atoms with E-state index in [1.54, 1.807) is 31.2 Å². The van der Waals surface area contributed by atoms with Crippen molar-refractivity contribution in [2.45, 2.75) is 6.92 Å². The number of benzene rings is 2. The SMILES string of the molecule is C#CCOc1ccc(C=C2C(=O)NC(=S)N(c3ccccc3F)C2=O)cc1OCC. The van der Waals surface area contributed by atoms with Gasteiger partial charge in [-0.3, -0.25) is 14.9 Å². The van der Waals surface area contributed by atoms with Crippen LogP contribution in [0.3, 0.4) is 0 Å². The maximum Gasteiger partial charge on any atom is 0.270 e. The van der Waals surface area contributed by atoms with E-state index in [-0.39, 0.29) is 23.0 Å². The fourth-order valence-corrected chi connectivity index (χ4v) is 3.07. The molecular formula is C22H17FN2O4S. The third kappa shape index (κ3) is 4.31. The summed E-state index contributed by atoms with van der Waals surface area (Å²) in [5.41, 5.74) is 0.254. The van der Waals surface area contributed by atoms with E-state index in [1.165, 1.54) is 24.3 Å². The lowest BCUT2D eigenvalue weighted by Gasteiger charge is -2.29. The van der Waals surface area contributed by atoms with Crippen molar-refractivity contribution in [1.82, 2.24) is 5.32 Å². The Balaban J connectivity index is 1.99. The highest BCUT2D eigenvalue weighted by molar-refractivity contribution is 7.80. The summed E-state index contributed by atoms with van der Waals surface area (Å²) < 4.78 is 25.2. The van der Waals surface area contributed by atoms with Crippen LogP contribution in [0.4, 0.5) is 10.1 Å². The first-order valence-electron chi connectivity index (χ1n) is 8.95. The molecule has 2 aromatic carbocycles. The van der Waals surface area contributed by atoms with Crippen molar-refractivity contribution in [3.05, 3.63) is 59.4 Å². The van der Waals surface area contributed by atoms with Crippen LogP contribution in [0.25, 0.3) is 6.08 Å². The summed E-state index contributed by atoms with van der Waals surface area (Å²) in [6.45, 7) is 2.25. The van der Waals surface area contributed by atoms with Gasteiger partial charge in [-0.2, -0.15) is 0 Å². The molecule has 0 saturated carbocycles. The normalized spacial score (nSPS) is 15.0. The molecule has 1 aliphatic heterocycles. The molecule has 0 spiro atoms. The summed E-state index contributed by atoms with van der Waals surface area (Å²) in [4.78, 5) is 26.4. The highest BCUT2D eigenvalue weighted by Crippen LogP contribution is 2.30. The number of hydrogen-bond donors (Lipinski definition) is 1. The molecule has 0 unspecified atom stereocenters. The van der Waals surface area contributed by atoms with Crippen LogP contribution in [0, 0.1) is 18.2 Å². The van der Waals surface area contributed by atoms with E-state index in [2.05, 4.69) is 11.2 Å². The second-order valence-corrected chi connectivity index (χ2v) is 6.43. The first-order chi connectivity index (χ1) is 14.5. The molecule has 6 nitrogen and oxygen atoms in total. The number of carbonyl (C=O) groups is 2. The van der Waals surface area contributed by atoms with Gasteiger partial charge in [-0.15, -0.1) is 6.42 Å². The van der Waals surface area contributed by atoms with E-state index in [1.807, 2.05) is 0 Å². The van der Waals surface area contributed by atoms with E-state index in [4.69, 9.17) is 28.1 Å². The van der Waals surface area contributed by atoms with Crippen LogP contribution in [0.5, 0.6) is 11.5 Å². The van der Waals surface area contributed by atoms with Gasteiger partial charge in [0.25, 0.3) is 11.8 Å². The van der Waals surface area contributed by atoms with Gasteiger partial charge in [0.2, 0.25) is 0 Å². The lowest BCUT2D eigenvalue weighted by molar-refractivity contribution is -0.122. The minimum atomic E-state index is -0.737. The number of nitrogens with zero attached hydrogens (tertiary/aromatic N) is 1. The smallest absolute Gasteiger partial charge is 0.270 e. The highest BCUT2D eigenvalue weighted by atomic mass is 32.1. The van der Waals surface area contributed by atoms with Crippen LogP contribution >= 0.6 is 12.2 Å². The van der Waals surface area contributed by atoms with Crippen molar-refractivity contribution in [3.63, 3.8) is 0 Å². The summed E-state index contributed by atoms with van der Waals surface area (Å²) in [7, 11) is 0. The van der Waals surface area contributed by atoms with Gasteiger partial charge in [0.15, 0.2) is 16.6 Å². The maximum atomic E-state index is 14.2. The number of amides is 2. The largest absolute Gasteiger partial charge is 0.490 e. The molecule has 0 atom stereocenters. The van der Waals surface area contributed by atoms with Crippen LogP contribution in [-0.2, 0) is 9.59 Å². The van der Waals surface area contributed by atoms with Gasteiger partial charge in [0.1, 0.15) is 18.0 Å². The Morgan fingerprint density at radius 1 is 1.20 bits per heavy atom. The zero-order valence-electron chi connectivity index (χ0n) is 16.0. The number of rotatable bonds is 6. The summed E-state index contributed by atoms with van der Waals surface area (Å²) in [5.74, 6) is 1.16. The molecule has 2 aromatic rings. The van der Waals surface area contributed by atoms with E-state index in [9.17, 15) is 14.0 Å². The van der Waals surface area contributed by atoms with Gasteiger partial charge in [-0.25, -0.2) is 9.29 Å². The molecule has 1 fully saturated rings. The molecule has 1 aliphatic rings. The van der Waals surface area contributed by atoms with Gasteiger partial charge in [-0.1, -0.05) is 24.1 Å². The predicted molar refractivity (Wildman–Crippen MR) is 115 cm³/mol. The second kappa shape index (κ2) is 9.20. The minimum absolute atomic E-state index is 0.0496. The number of carbonyl (C=O) groups excluding carboxylic acids is 2. The van der Waals surface area contributed by atoms with Gasteiger partial charge in [-0.05, 0) is 55.0 Å². The molecule has 1 saturated heterocycles. The zero-order chi connectivity index (χ0) is 21.7. The van der Waals surface area contributed by atoms with Crippen molar-refractivity contribution < 1.29 is 23.5 Å². The highest BCUT2D eigenvalue weighted by Gasteiger charge is 2.35. The minimum Gasteiger partial charge on any atom is -0.490 e. The summed E-state index contributed by atoms with van der Waals surface area (Å²) >= 11 is 5.08. The third-order valence-electron chi connectivity index (χ3n) is 4.08. The average molecular weight is 424 g/mol. The summed E-state index contributed by atoms with van der Waals surface area (Å²) in [6.07, 6.45) is 6.59. The van der Waals surface area contributed by atoms with Crippen LogP contribution < -0.4 is 19.7 Å². The van der Waals surface area contributed by atoms with Crippen molar-refractivity contribution in [1.29, 1.82) is 0 Å². The van der Waals surface area contributed by atoms with Gasteiger partial charge in [0.05, 0.1) is 12.3 Å². The van der Waals surface area contributed by atoms with Gasteiger partial charge < -0.3 is 9.47 Å². The number of thiocarbonyl (C=S) groups is 1. The molecule has 1 N–H and O–H groups in total. The summed E-state index contributed by atoms with van der Waals surface area (Å²) in [6, 6.07) is 10.5. The number of halogens is 1. The number of hydrogen-bond acceptors (Lipinski definition) is 5. The number of ether oxygens (including phenoxy) is 2. The fraction of sp³-hybridized carbons (Fsp3) is 0.136. The van der Waals surface area contributed by atoms with Crippen molar-refractivity contribution in [3.8, 4) is 23.8 Å². The molecule has 0 bridgehead atoms. The topological polar surface area (TPSA) is 67.9 Å². The number of nitrogens with one attached hydrogen (secondary N) is 1. The molecule has 2 amide bonds. The Kier molecular flexibility index (Phi) is 6.45. The van der Waals surface area contributed by atoms with Gasteiger partial charge in [0, 0.05) is 0 Å². The maximum absolute atomic E-state index is 14.2. The Bertz CT molecular complexity index is 1090. The Morgan fingerprint density at radius 2 is 1.97 bits per heavy atom. The predicted octanol–water partition coefficient (Wildman–Crippen LogP) is 3.07. The molecule has 3 rings (SSSR count). The standard InChI is InChI=1S/C22H17FN2O4S/c1-3-11-29-18-10-9-14(13-19(18)28-4-2)12-15-20(26)24-22(30)25(21(15)27)17-8-6-5-7-16(17)23/h1,5-10,12-13H,4,11H2,2H3,(H,24,26,30). The molecule has 30 heavy (non-hydrogen) atoms. The molecule has 8 heteroatoms. The van der Waals surface area contributed by atoms with E-state index in [0.29, 0.717) is 23.7 Å². The van der Waals surface area contributed by atoms with Crippen LogP contribution in [0.2, 0.25) is 0 Å². The van der Waals surface area contributed by atoms with E-state index >= 15 is 0 Å². The molecule has 0 aromatic heterocycles. The molecule has 1 heterocycles. The molecule has 0 aliphatic carbocycles. The van der Waals surface area contributed by atoms with Crippen molar-refractivity contribution in [2.24, 2.45) is 0 Å². The third-order valence-corrected chi connectivity index (χ3v) is 4.37. The van der Waals surface area contributed by atoms with Crippen LogP contribution in [-0.4, -0.2) is 30.1 Å². The Labute approximate surface area is 178 Å². The van der Waals surface area contributed by atoms with E-state index < -0.39 is 17.6 Å². The van der Waals surface area contributed by atoms with Gasteiger partial charge >= 0.3 is 0 Å². The first-order valence-corrected chi connectivity index (χ1v) is 9.36. The Morgan fingerprint density at radius 3 is 2.67 bits per heavy atom. The van der Waals surface area contributed by atoms with Crippen LogP contribution in [0.15, 0.2) is 48.0 Å². The number of para-hydroxylation sites is 1. The molecular weight excluding hydrogens is 407 g/mol. The monoisotopic (exact) mass is 424 g/mol. The average Bonchev–Trinajstić information content (AvgIpc) is 2.72. The Hall–Kier alpha value is -3.70. The number of terminal acetylenes is 1. The van der Waals surface area contributed by atoms with Crippen molar-refractivity contribution >= 4 is 40.9 Å². The lowest BCUT2D eigenvalue weighted by Crippen LogP contribution is -2.54. The molecule has 152 valence electrons. The zero-order valence-corrected chi connectivity index (χ0v) is 16.8. The first kappa shape index (κ1) is 21.0. The van der Waals surface area contributed by atoms with Crippen LogP contribution in [0.1, 0.15) is 12.5 Å². The quantitative estimate of drug-likeness (QED) is 0.334. The van der Waals surface area contributed by atoms with E-state index in [0.717, 1.165) is 4.90 Å². The lowest BCUT2D eigenvalue weighted by atomic mass is 10.1. The fourth-order valence-electron chi connectivity index (χ4n) is 2.80. The number of anilines is 1.